The van der Waals surface area contributed by atoms with Crippen molar-refractivity contribution in [1.29, 1.82) is 0 Å². The number of nitrogens with one attached hydrogen (secondary N) is 1. The molecule has 2 atom stereocenters. The fourth-order valence-corrected chi connectivity index (χ4v) is 1.98. The Kier molecular flexibility index (Phi) is 6.83. The highest BCUT2D eigenvalue weighted by Crippen LogP contribution is 2.08. The molecule has 0 bridgehead atoms. The Morgan fingerprint density at radius 1 is 1.39 bits per heavy atom. The summed E-state index contributed by atoms with van der Waals surface area (Å²) < 4.78 is 5.05. The first kappa shape index (κ1) is 15.1. The van der Waals surface area contributed by atoms with Crippen molar-refractivity contribution >= 4 is 18.5 Å². The maximum Gasteiger partial charge on any atom is 0.233 e. The quantitative estimate of drug-likeness (QED) is 0.742. The Bertz CT molecular complexity index is 356. The monoisotopic (exact) mass is 267 g/mol. The van der Waals surface area contributed by atoms with Gasteiger partial charge in [0.25, 0.3) is 0 Å². The van der Waals surface area contributed by atoms with Crippen LogP contribution in [0.1, 0.15) is 18.9 Å². The van der Waals surface area contributed by atoms with E-state index in [2.05, 4.69) is 17.9 Å². The van der Waals surface area contributed by atoms with Gasteiger partial charge in [0.05, 0.1) is 17.9 Å². The molecule has 4 heteroatoms. The fraction of sp³-hybridized carbons (Fsp3) is 0.500. The van der Waals surface area contributed by atoms with Crippen LogP contribution in [0.2, 0.25) is 0 Å². The van der Waals surface area contributed by atoms with E-state index in [-0.39, 0.29) is 17.2 Å². The molecule has 100 valence electrons. The Morgan fingerprint density at radius 3 is 2.61 bits per heavy atom. The van der Waals surface area contributed by atoms with Gasteiger partial charge in [0, 0.05) is 7.11 Å². The van der Waals surface area contributed by atoms with Crippen molar-refractivity contribution in [2.45, 2.75) is 31.1 Å². The number of amides is 1. The third kappa shape index (κ3) is 5.10. The van der Waals surface area contributed by atoms with Crippen molar-refractivity contribution in [2.75, 3.05) is 13.7 Å². The first-order chi connectivity index (χ1) is 8.67. The number of carbonyl (C=O) groups is 1. The number of ether oxygens (including phenoxy) is 1. The number of benzene rings is 1. The zero-order chi connectivity index (χ0) is 13.4. The lowest BCUT2D eigenvalue weighted by Crippen LogP contribution is -2.42. The average molecular weight is 267 g/mol. The molecule has 18 heavy (non-hydrogen) atoms. The summed E-state index contributed by atoms with van der Waals surface area (Å²) in [5.74, 6) is -0.0360. The predicted octanol–water partition coefficient (Wildman–Crippen LogP) is 2.07. The largest absolute Gasteiger partial charge is 0.383 e. The molecule has 2 unspecified atom stereocenters. The molecule has 0 saturated heterocycles. The summed E-state index contributed by atoms with van der Waals surface area (Å²) in [5.41, 5.74) is 1.12. The van der Waals surface area contributed by atoms with E-state index in [1.165, 1.54) is 0 Å². The van der Waals surface area contributed by atoms with E-state index in [1.54, 1.807) is 7.11 Å². The van der Waals surface area contributed by atoms with Crippen molar-refractivity contribution < 1.29 is 9.53 Å². The van der Waals surface area contributed by atoms with E-state index >= 15 is 0 Å². The molecule has 0 aliphatic carbocycles. The lowest BCUT2D eigenvalue weighted by molar-refractivity contribution is -0.121. The molecule has 0 aromatic heterocycles. The number of methoxy groups -OCH3 is 1. The topological polar surface area (TPSA) is 38.3 Å². The minimum atomic E-state index is -0.321. The van der Waals surface area contributed by atoms with Crippen molar-refractivity contribution in [2.24, 2.45) is 0 Å². The smallest absolute Gasteiger partial charge is 0.233 e. The SMILES string of the molecule is CCC(COC)NC(=O)C(S)Cc1ccccc1. The first-order valence-corrected chi connectivity index (χ1v) is 6.70. The van der Waals surface area contributed by atoms with Gasteiger partial charge in [-0.3, -0.25) is 4.79 Å². The van der Waals surface area contributed by atoms with Crippen LogP contribution in [0.25, 0.3) is 0 Å². The molecule has 0 aliphatic heterocycles. The molecule has 0 saturated carbocycles. The van der Waals surface area contributed by atoms with Crippen molar-refractivity contribution in [3.8, 4) is 0 Å². The molecule has 0 fully saturated rings. The molecule has 1 aromatic carbocycles. The van der Waals surface area contributed by atoms with E-state index in [4.69, 9.17) is 4.74 Å². The molecule has 0 aliphatic rings. The maximum atomic E-state index is 11.9. The second-order valence-corrected chi connectivity index (χ2v) is 4.90. The number of hydrogen-bond acceptors (Lipinski definition) is 3. The lowest BCUT2D eigenvalue weighted by Gasteiger charge is -2.18. The third-order valence-corrected chi connectivity index (χ3v) is 3.20. The molecule has 1 aromatic rings. The van der Waals surface area contributed by atoms with E-state index in [0.29, 0.717) is 13.0 Å². The Balaban J connectivity index is 2.46. The van der Waals surface area contributed by atoms with Crippen molar-refractivity contribution in [1.82, 2.24) is 5.32 Å². The van der Waals surface area contributed by atoms with Gasteiger partial charge in [-0.25, -0.2) is 0 Å². The van der Waals surface area contributed by atoms with E-state index in [0.717, 1.165) is 12.0 Å². The van der Waals surface area contributed by atoms with Crippen LogP contribution in [-0.4, -0.2) is 30.9 Å². The fourth-order valence-electron chi connectivity index (χ4n) is 1.69. The van der Waals surface area contributed by atoms with Gasteiger partial charge in [-0.1, -0.05) is 37.3 Å². The lowest BCUT2D eigenvalue weighted by atomic mass is 10.1. The van der Waals surface area contributed by atoms with Crippen LogP contribution in [-0.2, 0) is 16.0 Å². The Labute approximate surface area is 114 Å². The molecule has 1 rings (SSSR count). The number of hydrogen-bond donors (Lipinski definition) is 2. The second kappa shape index (κ2) is 8.16. The summed E-state index contributed by atoms with van der Waals surface area (Å²) >= 11 is 4.37. The van der Waals surface area contributed by atoms with Crippen LogP contribution < -0.4 is 5.32 Å². The van der Waals surface area contributed by atoms with Gasteiger partial charge in [0.15, 0.2) is 0 Å². The summed E-state index contributed by atoms with van der Waals surface area (Å²) in [5, 5.41) is 2.63. The molecule has 1 N–H and O–H groups in total. The van der Waals surface area contributed by atoms with Crippen LogP contribution in [0, 0.1) is 0 Å². The second-order valence-electron chi connectivity index (χ2n) is 4.27. The molecular formula is C14H21NO2S. The van der Waals surface area contributed by atoms with Gasteiger partial charge in [0.1, 0.15) is 0 Å². The van der Waals surface area contributed by atoms with E-state index in [9.17, 15) is 4.79 Å². The van der Waals surface area contributed by atoms with Gasteiger partial charge >= 0.3 is 0 Å². The van der Waals surface area contributed by atoms with Crippen LogP contribution in [0.5, 0.6) is 0 Å². The minimum absolute atomic E-state index is 0.0360. The Morgan fingerprint density at radius 2 is 2.06 bits per heavy atom. The summed E-state index contributed by atoms with van der Waals surface area (Å²) in [6.07, 6.45) is 1.49. The van der Waals surface area contributed by atoms with Gasteiger partial charge < -0.3 is 10.1 Å². The normalized spacial score (nSPS) is 13.9. The van der Waals surface area contributed by atoms with Gasteiger partial charge in [-0.05, 0) is 18.4 Å². The third-order valence-electron chi connectivity index (χ3n) is 2.78. The first-order valence-electron chi connectivity index (χ1n) is 6.18. The number of carbonyl (C=O) groups excluding carboxylic acids is 1. The predicted molar refractivity (Wildman–Crippen MR) is 77.0 cm³/mol. The molecule has 1 amide bonds. The molecule has 3 nitrogen and oxygen atoms in total. The molecule has 0 heterocycles. The standard InChI is InChI=1S/C14H21NO2S/c1-3-12(10-17-2)15-14(16)13(18)9-11-7-5-4-6-8-11/h4-8,12-13,18H,3,9-10H2,1-2H3,(H,15,16). The zero-order valence-electron chi connectivity index (χ0n) is 10.9. The highest BCUT2D eigenvalue weighted by atomic mass is 32.1. The maximum absolute atomic E-state index is 11.9. The molecule has 0 spiro atoms. The van der Waals surface area contributed by atoms with Crippen LogP contribution >= 0.6 is 12.6 Å². The average Bonchev–Trinajstić information content (AvgIpc) is 2.39. The molecule has 0 radical (unpaired) electrons. The van der Waals surface area contributed by atoms with Gasteiger partial charge in [-0.15, -0.1) is 0 Å². The van der Waals surface area contributed by atoms with Gasteiger partial charge in [-0.2, -0.15) is 12.6 Å². The van der Waals surface area contributed by atoms with Crippen LogP contribution in [0.4, 0.5) is 0 Å². The van der Waals surface area contributed by atoms with Crippen LogP contribution in [0.15, 0.2) is 30.3 Å². The van der Waals surface area contributed by atoms with E-state index < -0.39 is 0 Å². The Hall–Kier alpha value is -1.00. The highest BCUT2D eigenvalue weighted by Gasteiger charge is 2.17. The zero-order valence-corrected chi connectivity index (χ0v) is 11.8. The highest BCUT2D eigenvalue weighted by molar-refractivity contribution is 7.81. The van der Waals surface area contributed by atoms with Crippen molar-refractivity contribution in [3.05, 3.63) is 35.9 Å². The summed E-state index contributed by atoms with van der Waals surface area (Å²) in [6, 6.07) is 9.96. The summed E-state index contributed by atoms with van der Waals surface area (Å²) in [4.78, 5) is 11.9. The number of rotatable bonds is 7. The summed E-state index contributed by atoms with van der Waals surface area (Å²) in [6.45, 7) is 2.56. The summed E-state index contributed by atoms with van der Waals surface area (Å²) in [7, 11) is 1.64. The minimum Gasteiger partial charge on any atom is -0.383 e. The van der Waals surface area contributed by atoms with Crippen molar-refractivity contribution in [3.63, 3.8) is 0 Å². The molecular weight excluding hydrogens is 246 g/mol. The van der Waals surface area contributed by atoms with Crippen LogP contribution in [0.3, 0.4) is 0 Å². The van der Waals surface area contributed by atoms with E-state index in [1.807, 2.05) is 37.3 Å². The number of thiol groups is 1. The van der Waals surface area contributed by atoms with Gasteiger partial charge in [0.2, 0.25) is 5.91 Å².